The van der Waals surface area contributed by atoms with E-state index in [1.165, 1.54) is 18.8 Å². The van der Waals surface area contributed by atoms with E-state index in [-0.39, 0.29) is 24.5 Å². The first-order valence-electron chi connectivity index (χ1n) is 23.4. The molecule has 0 saturated carbocycles. The van der Waals surface area contributed by atoms with Gasteiger partial charge in [-0.3, -0.25) is 0 Å². The fourth-order valence-corrected chi connectivity index (χ4v) is 8.96. The number of nitrogens with zero attached hydrogens (tertiary/aromatic N) is 11. The van der Waals surface area contributed by atoms with Crippen molar-refractivity contribution < 1.29 is 42.3 Å². The summed E-state index contributed by atoms with van der Waals surface area (Å²) in [6.45, 7) is 4.29. The Morgan fingerprint density at radius 2 is 0.600 bits per heavy atom. The van der Waals surface area contributed by atoms with Gasteiger partial charge in [0.05, 0.1) is 42.1 Å². The van der Waals surface area contributed by atoms with Crippen molar-refractivity contribution in [2.75, 3.05) is 100 Å². The second-order valence-corrected chi connectivity index (χ2v) is 23.6. The van der Waals surface area contributed by atoms with Crippen LogP contribution < -0.4 is 24.1 Å². The predicted octanol–water partition coefficient (Wildman–Crippen LogP) is 5.22. The molecular weight excluding hydrogens is 1060 g/mol. The van der Waals surface area contributed by atoms with Gasteiger partial charge in [-0.25, -0.2) is 49.4 Å². The van der Waals surface area contributed by atoms with Crippen LogP contribution >= 0.6 is 0 Å². The molecule has 7 aromatic rings. The Morgan fingerprint density at radius 3 is 0.800 bits per heavy atom. The molecule has 3 N–H and O–H groups in total. The van der Waals surface area contributed by atoms with Crippen LogP contribution in [-0.2, 0) is 47.1 Å². The molecule has 0 spiro atoms. The molecule has 3 aromatic heterocycles. The third-order valence-corrected chi connectivity index (χ3v) is 13.0. The first kappa shape index (κ1) is 61.9. The van der Waals surface area contributed by atoms with Gasteiger partial charge in [-0.2, -0.15) is 0 Å². The van der Waals surface area contributed by atoms with Crippen molar-refractivity contribution in [3.05, 3.63) is 97.1 Å². The Labute approximate surface area is 452 Å². The Kier molecular flexibility index (Phi) is 23.1. The normalized spacial score (nSPS) is 11.8. The maximum absolute atomic E-state index is 10.6. The molecule has 0 unspecified atom stereocenters. The standard InChI is InChI=1S/C32H16N8.3C6H16N2O2S.CH4.Cu/c1-2-10-18-17(9-1)25-33-26(18)38-28-21-13-5-6-14-22(21)30(35-28)40-32-24-16-8-7-15-23(24)31(36-32)39-29-20-12-4-3-11-19(20)27(34-29)37-25;3*1-8(2)6-4-5-7-11(3,9)10;;/h1-16H;3*7H,4-6H2,1-3H3;1H4;/q-2;;;;;+2. The van der Waals surface area contributed by atoms with Gasteiger partial charge in [-0.1, -0.05) is 104 Å². The number of rotatable bonds is 15. The summed E-state index contributed by atoms with van der Waals surface area (Å²) in [6.07, 6.45) is 6.05. The summed E-state index contributed by atoms with van der Waals surface area (Å²) in [5, 5.41) is 3.57. The fraction of sp³-hybridized carbons (Fsp3) is 0.373. The van der Waals surface area contributed by atoms with E-state index in [0.717, 1.165) is 82.7 Å². The number of nitrogens with one attached hydrogen (secondary N) is 3. The summed E-state index contributed by atoms with van der Waals surface area (Å²) in [5.41, 5.74) is 5.78. The van der Waals surface area contributed by atoms with Crippen LogP contribution in [0.15, 0.2) is 97.1 Å². The van der Waals surface area contributed by atoms with Gasteiger partial charge in [0.2, 0.25) is 30.1 Å². The first-order valence-corrected chi connectivity index (χ1v) is 29.1. The van der Waals surface area contributed by atoms with Crippen LogP contribution in [0.25, 0.3) is 89.7 Å². The molecule has 24 heteroatoms. The smallest absolute Gasteiger partial charge is 0.357 e. The van der Waals surface area contributed by atoms with E-state index in [1.54, 1.807) is 0 Å². The molecule has 2 aliphatic rings. The van der Waals surface area contributed by atoms with Crippen molar-refractivity contribution >= 4 is 74.2 Å². The molecule has 9 rings (SSSR count). The van der Waals surface area contributed by atoms with Crippen molar-refractivity contribution in [3.63, 3.8) is 0 Å². The van der Waals surface area contributed by atoms with Crippen molar-refractivity contribution in [2.24, 2.45) is 0 Å². The van der Waals surface area contributed by atoms with E-state index in [0.29, 0.717) is 65.5 Å². The zero-order valence-electron chi connectivity index (χ0n) is 43.0. The summed E-state index contributed by atoms with van der Waals surface area (Å²) in [7, 11) is 2.78. The molecule has 75 heavy (non-hydrogen) atoms. The minimum atomic E-state index is -2.99. The molecule has 8 bridgehead atoms. The van der Waals surface area contributed by atoms with Crippen LogP contribution in [0.5, 0.6) is 0 Å². The van der Waals surface area contributed by atoms with Gasteiger partial charge in [-0.05, 0) is 103 Å². The third-order valence-electron chi connectivity index (χ3n) is 10.8. The summed E-state index contributed by atoms with van der Waals surface area (Å²) >= 11 is 0. The van der Waals surface area contributed by atoms with Crippen molar-refractivity contribution in [1.29, 1.82) is 0 Å². The molecule has 0 atom stereocenters. The fourth-order valence-electron chi connectivity index (χ4n) is 7.42. The maximum Gasteiger partial charge on any atom is 2.00 e. The number of hydrogen-bond donors (Lipinski definition) is 3. The van der Waals surface area contributed by atoms with Crippen molar-refractivity contribution in [3.8, 4) is 45.6 Å². The van der Waals surface area contributed by atoms with Crippen LogP contribution in [0.1, 0.15) is 26.7 Å². The van der Waals surface area contributed by atoms with Crippen LogP contribution in [0, 0.1) is 0 Å². The van der Waals surface area contributed by atoms with Crippen LogP contribution in [0.2, 0.25) is 0 Å². The van der Waals surface area contributed by atoms with Gasteiger partial charge in [-0.15, -0.1) is 0 Å². The number of benzene rings is 4. The third kappa shape index (κ3) is 18.9. The average molecular weight is 1130 g/mol. The molecule has 0 saturated heterocycles. The van der Waals surface area contributed by atoms with Crippen LogP contribution in [0.3, 0.4) is 0 Å². The Bertz CT molecular complexity index is 3110. The van der Waals surface area contributed by atoms with Gasteiger partial charge in [0, 0.05) is 64.5 Å². The summed E-state index contributed by atoms with van der Waals surface area (Å²) < 4.78 is 70.6. The Morgan fingerprint density at radius 1 is 0.387 bits per heavy atom. The topological polar surface area (TPSA) is 254 Å². The number of sulfonamides is 3. The molecule has 0 fully saturated rings. The largest absolute Gasteiger partial charge is 2.00 e. The molecule has 407 valence electrons. The molecule has 2 aliphatic heterocycles. The molecule has 1 radical (unpaired) electrons. The zero-order valence-corrected chi connectivity index (χ0v) is 46.4. The average Bonchev–Trinajstić information content (AvgIpc) is 4.06. The van der Waals surface area contributed by atoms with Crippen LogP contribution in [-0.4, -0.2) is 170 Å². The van der Waals surface area contributed by atoms with E-state index in [4.69, 9.17) is 39.9 Å². The van der Waals surface area contributed by atoms with E-state index >= 15 is 0 Å². The predicted molar refractivity (Wildman–Crippen MR) is 299 cm³/mol. The number of fused-ring (bicyclic) bond motifs is 20. The van der Waals surface area contributed by atoms with Gasteiger partial charge >= 0.3 is 17.1 Å². The number of hydrogen-bond acceptors (Lipinski definition) is 15. The Hall–Kier alpha value is -5.63. The SMILES string of the molecule is C.CN(C)CCCNS(C)(=O)=O.CN(C)CCCNS(C)(=O)=O.CN(C)CCCNS(C)(=O)=O.[Cu+2].c1ccc2c(c1)-c1nc-2nc2[n-]c(nc3nc(nc4[n-]c(n1)c1ccccc41)-c1ccccc1-3)c1ccccc21. The maximum atomic E-state index is 10.6. The minimum absolute atomic E-state index is 0. The summed E-state index contributed by atoms with van der Waals surface area (Å²) in [4.78, 5) is 45.3. The van der Waals surface area contributed by atoms with E-state index in [1.807, 2.05) is 154 Å². The molecule has 0 amide bonds. The quantitative estimate of drug-likeness (QED) is 0.0878. The number of aromatic nitrogens is 8. The first-order chi connectivity index (χ1) is 34.5. The zero-order chi connectivity index (χ0) is 52.9. The molecule has 0 aliphatic carbocycles. The second-order valence-electron chi connectivity index (χ2n) is 18.1. The summed E-state index contributed by atoms with van der Waals surface area (Å²) in [6, 6.07) is 31.8. The minimum Gasteiger partial charge on any atom is -0.357 e. The van der Waals surface area contributed by atoms with Crippen LogP contribution in [0.4, 0.5) is 0 Å². The van der Waals surface area contributed by atoms with E-state index in [2.05, 4.69) is 14.2 Å². The molecule has 20 nitrogen and oxygen atoms in total. The molecular formula is C51H68CuN14O6S3. The van der Waals surface area contributed by atoms with Gasteiger partial charge in [0.15, 0.2) is 0 Å². The second kappa shape index (κ2) is 27.9. The monoisotopic (exact) mass is 1130 g/mol. The van der Waals surface area contributed by atoms with Gasteiger partial charge < -0.3 is 44.6 Å². The van der Waals surface area contributed by atoms with E-state index in [9.17, 15) is 25.3 Å². The van der Waals surface area contributed by atoms with Gasteiger partial charge in [0.1, 0.15) is 0 Å². The molecule has 5 heterocycles. The van der Waals surface area contributed by atoms with Gasteiger partial charge in [0.25, 0.3) is 0 Å². The van der Waals surface area contributed by atoms with E-state index < -0.39 is 30.1 Å². The molecule has 4 aromatic carbocycles. The van der Waals surface area contributed by atoms with Crippen molar-refractivity contribution in [1.82, 2.24) is 68.7 Å². The van der Waals surface area contributed by atoms with Crippen molar-refractivity contribution in [2.45, 2.75) is 26.7 Å². The Balaban J connectivity index is 0.000000287. The summed E-state index contributed by atoms with van der Waals surface area (Å²) in [5.74, 6) is 2.21.